The summed E-state index contributed by atoms with van der Waals surface area (Å²) in [5.74, 6) is 0.620. The molecule has 2 aliphatic rings. The Hall–Kier alpha value is -1.40. The highest BCUT2D eigenvalue weighted by Gasteiger charge is 2.25. The zero-order chi connectivity index (χ0) is 16.9. The molecule has 3 rings (SSSR count). The summed E-state index contributed by atoms with van der Waals surface area (Å²) in [7, 11) is 0. The Morgan fingerprint density at radius 1 is 1.42 bits per heavy atom. The molecular formula is C18H31N5O. The van der Waals surface area contributed by atoms with Gasteiger partial charge in [0.25, 0.3) is 5.91 Å². The Labute approximate surface area is 145 Å². The first-order valence-electron chi connectivity index (χ1n) is 9.41. The second-order valence-corrected chi connectivity index (χ2v) is 7.58. The standard InChI is InChI=1S/C18H31N5O/c1-14(2)13-22-9-4-6-15(22)12-20-18(24)17-7-10-23(21-17)16-5-3-8-19-11-16/h7,10,14-16,19H,3-6,8-9,11-13H2,1-2H3,(H,20,24)/t15-,16?/m1/s1. The fourth-order valence-corrected chi connectivity index (χ4v) is 3.86. The summed E-state index contributed by atoms with van der Waals surface area (Å²) in [6.45, 7) is 9.52. The molecule has 3 heterocycles. The average molecular weight is 333 g/mol. The number of amides is 1. The van der Waals surface area contributed by atoms with Gasteiger partial charge in [-0.05, 0) is 50.8 Å². The number of likely N-dealkylation sites (tertiary alicyclic amines) is 1. The van der Waals surface area contributed by atoms with Crippen LogP contribution in [-0.2, 0) is 0 Å². The fraction of sp³-hybridized carbons (Fsp3) is 0.778. The lowest BCUT2D eigenvalue weighted by molar-refractivity contribution is 0.0932. The van der Waals surface area contributed by atoms with Crippen LogP contribution >= 0.6 is 0 Å². The number of aromatic nitrogens is 2. The topological polar surface area (TPSA) is 62.2 Å². The number of hydrogen-bond acceptors (Lipinski definition) is 4. The van der Waals surface area contributed by atoms with Gasteiger partial charge in [0.1, 0.15) is 5.69 Å². The third-order valence-corrected chi connectivity index (χ3v) is 5.08. The van der Waals surface area contributed by atoms with Crippen molar-refractivity contribution in [1.82, 2.24) is 25.3 Å². The van der Waals surface area contributed by atoms with E-state index in [1.165, 1.54) is 19.3 Å². The van der Waals surface area contributed by atoms with Crippen LogP contribution in [0.3, 0.4) is 0 Å². The minimum atomic E-state index is -0.0473. The molecule has 1 amide bonds. The predicted octanol–water partition coefficient (Wildman–Crippen LogP) is 1.66. The third kappa shape index (κ3) is 4.36. The maximum Gasteiger partial charge on any atom is 0.271 e. The Balaban J connectivity index is 1.51. The van der Waals surface area contributed by atoms with Crippen molar-refractivity contribution in [2.24, 2.45) is 5.92 Å². The maximum absolute atomic E-state index is 12.4. The van der Waals surface area contributed by atoms with Gasteiger partial charge in [-0.3, -0.25) is 14.4 Å². The quantitative estimate of drug-likeness (QED) is 0.831. The molecule has 1 aromatic rings. The van der Waals surface area contributed by atoms with Crippen LogP contribution in [0.15, 0.2) is 12.3 Å². The molecule has 1 aromatic heterocycles. The van der Waals surface area contributed by atoms with Crippen LogP contribution in [0.25, 0.3) is 0 Å². The first kappa shape index (κ1) is 17.4. The van der Waals surface area contributed by atoms with Crippen molar-refractivity contribution in [2.45, 2.75) is 51.6 Å². The SMILES string of the molecule is CC(C)CN1CCC[C@@H]1CNC(=O)c1ccn(C2CCCNC2)n1. The summed E-state index contributed by atoms with van der Waals surface area (Å²) in [5.41, 5.74) is 0.536. The number of piperidine rings is 1. The molecule has 134 valence electrons. The van der Waals surface area contributed by atoms with Crippen LogP contribution in [0.1, 0.15) is 56.1 Å². The Morgan fingerprint density at radius 3 is 3.04 bits per heavy atom. The van der Waals surface area contributed by atoms with Gasteiger partial charge in [0.15, 0.2) is 0 Å². The van der Waals surface area contributed by atoms with Gasteiger partial charge in [0.05, 0.1) is 6.04 Å². The highest BCUT2D eigenvalue weighted by atomic mass is 16.1. The number of carbonyl (C=O) groups excluding carboxylic acids is 1. The molecule has 0 aliphatic carbocycles. The Kier molecular flexibility index (Phi) is 5.89. The van der Waals surface area contributed by atoms with Crippen molar-refractivity contribution < 1.29 is 4.79 Å². The zero-order valence-electron chi connectivity index (χ0n) is 15.0. The first-order valence-corrected chi connectivity index (χ1v) is 9.41. The average Bonchev–Trinajstić information content (AvgIpc) is 3.22. The minimum Gasteiger partial charge on any atom is -0.349 e. The molecule has 0 bridgehead atoms. The molecule has 2 atom stereocenters. The molecule has 6 nitrogen and oxygen atoms in total. The van der Waals surface area contributed by atoms with Crippen LogP contribution in [0.4, 0.5) is 0 Å². The highest BCUT2D eigenvalue weighted by molar-refractivity contribution is 5.92. The summed E-state index contributed by atoms with van der Waals surface area (Å²) in [6, 6.07) is 2.68. The van der Waals surface area contributed by atoms with E-state index >= 15 is 0 Å². The van der Waals surface area contributed by atoms with Gasteiger partial charge in [-0.25, -0.2) is 0 Å². The minimum absolute atomic E-state index is 0.0473. The van der Waals surface area contributed by atoms with E-state index in [2.05, 4.69) is 34.5 Å². The van der Waals surface area contributed by atoms with Gasteiger partial charge in [-0.1, -0.05) is 13.8 Å². The maximum atomic E-state index is 12.4. The summed E-state index contributed by atoms with van der Waals surface area (Å²) in [6.07, 6.45) is 6.64. The molecule has 24 heavy (non-hydrogen) atoms. The van der Waals surface area contributed by atoms with E-state index in [0.29, 0.717) is 23.7 Å². The number of hydrogen-bond donors (Lipinski definition) is 2. The van der Waals surface area contributed by atoms with Crippen molar-refractivity contribution in [3.05, 3.63) is 18.0 Å². The summed E-state index contributed by atoms with van der Waals surface area (Å²) < 4.78 is 1.95. The van der Waals surface area contributed by atoms with Crippen LogP contribution < -0.4 is 10.6 Å². The molecule has 0 radical (unpaired) electrons. The van der Waals surface area contributed by atoms with Gasteiger partial charge in [0, 0.05) is 31.9 Å². The van der Waals surface area contributed by atoms with Crippen molar-refractivity contribution in [3.63, 3.8) is 0 Å². The largest absolute Gasteiger partial charge is 0.349 e. The molecule has 1 unspecified atom stereocenters. The fourth-order valence-electron chi connectivity index (χ4n) is 3.86. The molecule has 2 N–H and O–H groups in total. The highest BCUT2D eigenvalue weighted by Crippen LogP contribution is 2.18. The van der Waals surface area contributed by atoms with Crippen molar-refractivity contribution >= 4 is 5.91 Å². The molecule has 2 saturated heterocycles. The van der Waals surface area contributed by atoms with E-state index in [-0.39, 0.29) is 5.91 Å². The van der Waals surface area contributed by atoms with E-state index in [0.717, 1.165) is 39.1 Å². The van der Waals surface area contributed by atoms with E-state index < -0.39 is 0 Å². The number of nitrogens with zero attached hydrogens (tertiary/aromatic N) is 3. The number of nitrogens with one attached hydrogen (secondary N) is 2. The Morgan fingerprint density at radius 2 is 2.29 bits per heavy atom. The number of carbonyl (C=O) groups is 1. The lowest BCUT2D eigenvalue weighted by Crippen LogP contribution is -2.41. The van der Waals surface area contributed by atoms with Crippen LogP contribution in [0.2, 0.25) is 0 Å². The van der Waals surface area contributed by atoms with Crippen LogP contribution in [0.5, 0.6) is 0 Å². The molecule has 0 saturated carbocycles. The van der Waals surface area contributed by atoms with Gasteiger partial charge < -0.3 is 10.6 Å². The van der Waals surface area contributed by atoms with Crippen LogP contribution in [-0.4, -0.2) is 59.4 Å². The summed E-state index contributed by atoms with van der Waals surface area (Å²) >= 11 is 0. The molecule has 0 aromatic carbocycles. The smallest absolute Gasteiger partial charge is 0.271 e. The summed E-state index contributed by atoms with van der Waals surface area (Å²) in [5, 5.41) is 11.0. The van der Waals surface area contributed by atoms with E-state index in [1.807, 2.05) is 16.9 Å². The van der Waals surface area contributed by atoms with Gasteiger partial charge >= 0.3 is 0 Å². The van der Waals surface area contributed by atoms with Gasteiger partial charge in [0.2, 0.25) is 0 Å². The molecule has 6 heteroatoms. The van der Waals surface area contributed by atoms with Gasteiger partial charge in [-0.15, -0.1) is 0 Å². The van der Waals surface area contributed by atoms with Crippen LogP contribution in [0, 0.1) is 5.92 Å². The monoisotopic (exact) mass is 333 g/mol. The molecule has 2 aliphatic heterocycles. The van der Waals surface area contributed by atoms with E-state index in [4.69, 9.17) is 0 Å². The predicted molar refractivity (Wildman–Crippen MR) is 95.1 cm³/mol. The van der Waals surface area contributed by atoms with E-state index in [1.54, 1.807) is 0 Å². The second kappa shape index (κ2) is 8.12. The lowest BCUT2D eigenvalue weighted by atomic mass is 10.1. The second-order valence-electron chi connectivity index (χ2n) is 7.58. The molecular weight excluding hydrogens is 302 g/mol. The normalized spacial score (nSPS) is 25.3. The van der Waals surface area contributed by atoms with Crippen molar-refractivity contribution in [2.75, 3.05) is 32.7 Å². The lowest BCUT2D eigenvalue weighted by Gasteiger charge is -2.26. The third-order valence-electron chi connectivity index (χ3n) is 5.08. The molecule has 0 spiro atoms. The van der Waals surface area contributed by atoms with Gasteiger partial charge in [-0.2, -0.15) is 5.10 Å². The van der Waals surface area contributed by atoms with Crippen molar-refractivity contribution in [1.29, 1.82) is 0 Å². The Bertz CT molecular complexity index is 535. The van der Waals surface area contributed by atoms with E-state index in [9.17, 15) is 4.79 Å². The van der Waals surface area contributed by atoms with Crippen molar-refractivity contribution in [3.8, 4) is 0 Å². The first-order chi connectivity index (χ1) is 11.6. The molecule has 2 fully saturated rings. The number of rotatable bonds is 6. The summed E-state index contributed by atoms with van der Waals surface area (Å²) in [4.78, 5) is 14.9. The zero-order valence-corrected chi connectivity index (χ0v) is 15.0.